The Bertz CT molecular complexity index is 537. The molecule has 0 bridgehead atoms. The van der Waals surface area contributed by atoms with Gasteiger partial charge in [-0.15, -0.1) is 5.10 Å². The highest BCUT2D eigenvalue weighted by Crippen LogP contribution is 2.24. The third-order valence-corrected chi connectivity index (χ3v) is 3.79. The molecule has 1 heterocycles. The predicted molar refractivity (Wildman–Crippen MR) is 80.1 cm³/mol. The second-order valence-corrected chi connectivity index (χ2v) is 5.68. The van der Waals surface area contributed by atoms with Crippen molar-refractivity contribution in [1.29, 1.82) is 0 Å². The molecule has 0 spiro atoms. The fourth-order valence-corrected chi connectivity index (χ4v) is 3.07. The van der Waals surface area contributed by atoms with Gasteiger partial charge in [0.2, 0.25) is 0 Å². The van der Waals surface area contributed by atoms with Gasteiger partial charge in [0.25, 0.3) is 0 Å². The highest BCUT2D eigenvalue weighted by atomic mass is 79.9. The highest BCUT2D eigenvalue weighted by Gasteiger charge is 2.19. The van der Waals surface area contributed by atoms with Gasteiger partial charge in [0, 0.05) is 7.05 Å². The van der Waals surface area contributed by atoms with Gasteiger partial charge in [-0.05, 0) is 48.8 Å². The summed E-state index contributed by atoms with van der Waals surface area (Å²) in [6, 6.07) is 6.85. The molecule has 2 aromatic rings. The maximum absolute atomic E-state index is 4.05. The van der Waals surface area contributed by atoms with Crippen LogP contribution in [0.25, 0.3) is 0 Å². The number of nitrogens with zero attached hydrogens (tertiary/aromatic N) is 3. The van der Waals surface area contributed by atoms with E-state index in [1.165, 1.54) is 16.7 Å². The molecule has 1 atom stereocenters. The van der Waals surface area contributed by atoms with Crippen molar-refractivity contribution < 1.29 is 0 Å². The van der Waals surface area contributed by atoms with Gasteiger partial charge in [0.1, 0.15) is 0 Å². The predicted octanol–water partition coefficient (Wildman–Crippen LogP) is 2.70. The Balaban J connectivity index is 2.29. The van der Waals surface area contributed by atoms with E-state index in [4.69, 9.17) is 0 Å². The number of likely N-dealkylation sites (N-methyl/N-ethyl adjacent to an activating group) is 1. The molecule has 1 unspecified atom stereocenters. The van der Waals surface area contributed by atoms with E-state index >= 15 is 0 Å². The van der Waals surface area contributed by atoms with Crippen molar-refractivity contribution >= 4 is 15.9 Å². The SMILES string of the molecule is CNC(Cc1cc(C)cc(C)c1)c1c(Br)nnn1C. The van der Waals surface area contributed by atoms with Crippen LogP contribution in [-0.2, 0) is 13.5 Å². The van der Waals surface area contributed by atoms with E-state index in [1.807, 2.05) is 18.8 Å². The lowest BCUT2D eigenvalue weighted by atomic mass is 10.00. The van der Waals surface area contributed by atoms with E-state index in [0.29, 0.717) is 0 Å². The summed E-state index contributed by atoms with van der Waals surface area (Å²) in [6.45, 7) is 4.26. The van der Waals surface area contributed by atoms with Gasteiger partial charge in [-0.1, -0.05) is 34.5 Å². The zero-order valence-electron chi connectivity index (χ0n) is 11.7. The van der Waals surface area contributed by atoms with E-state index in [-0.39, 0.29) is 6.04 Å². The average molecular weight is 323 g/mol. The Morgan fingerprint density at radius 1 is 1.26 bits per heavy atom. The van der Waals surface area contributed by atoms with E-state index < -0.39 is 0 Å². The van der Waals surface area contributed by atoms with Crippen LogP contribution in [0.15, 0.2) is 22.8 Å². The van der Waals surface area contributed by atoms with Gasteiger partial charge in [-0.2, -0.15) is 0 Å². The molecule has 0 saturated heterocycles. The monoisotopic (exact) mass is 322 g/mol. The first-order chi connectivity index (χ1) is 9.01. The molecule has 5 heteroatoms. The fraction of sp³-hybridized carbons (Fsp3) is 0.429. The second kappa shape index (κ2) is 5.84. The molecule has 0 fully saturated rings. The van der Waals surface area contributed by atoms with Crippen molar-refractivity contribution in [2.24, 2.45) is 7.05 Å². The topological polar surface area (TPSA) is 42.7 Å². The Morgan fingerprint density at radius 2 is 1.89 bits per heavy atom. The third-order valence-electron chi connectivity index (χ3n) is 3.23. The zero-order valence-corrected chi connectivity index (χ0v) is 13.3. The molecule has 102 valence electrons. The lowest BCUT2D eigenvalue weighted by Crippen LogP contribution is -2.22. The van der Waals surface area contributed by atoms with Crippen molar-refractivity contribution in [1.82, 2.24) is 20.3 Å². The summed E-state index contributed by atoms with van der Waals surface area (Å²) < 4.78 is 2.62. The first-order valence-electron chi connectivity index (χ1n) is 6.30. The van der Waals surface area contributed by atoms with Crippen LogP contribution >= 0.6 is 15.9 Å². The number of hydrogen-bond donors (Lipinski definition) is 1. The fourth-order valence-electron chi connectivity index (χ4n) is 2.47. The van der Waals surface area contributed by atoms with Crippen LogP contribution in [-0.4, -0.2) is 22.0 Å². The molecular weight excluding hydrogens is 304 g/mol. The number of aryl methyl sites for hydroxylation is 3. The molecule has 2 rings (SSSR count). The van der Waals surface area contributed by atoms with Crippen molar-refractivity contribution in [2.45, 2.75) is 26.3 Å². The van der Waals surface area contributed by atoms with E-state index in [2.05, 4.69) is 63.6 Å². The van der Waals surface area contributed by atoms with Crippen LogP contribution in [0.3, 0.4) is 0 Å². The molecule has 0 radical (unpaired) electrons. The van der Waals surface area contributed by atoms with Crippen LogP contribution in [0.2, 0.25) is 0 Å². The molecule has 1 aromatic carbocycles. The van der Waals surface area contributed by atoms with Gasteiger partial charge in [-0.3, -0.25) is 0 Å². The van der Waals surface area contributed by atoms with Gasteiger partial charge in [0.05, 0.1) is 11.7 Å². The van der Waals surface area contributed by atoms with E-state index in [9.17, 15) is 0 Å². The highest BCUT2D eigenvalue weighted by molar-refractivity contribution is 9.10. The first-order valence-corrected chi connectivity index (χ1v) is 7.10. The van der Waals surface area contributed by atoms with Crippen LogP contribution in [0, 0.1) is 13.8 Å². The second-order valence-electron chi connectivity index (χ2n) is 4.93. The largest absolute Gasteiger partial charge is 0.311 e. The number of nitrogens with one attached hydrogen (secondary N) is 1. The molecule has 4 nitrogen and oxygen atoms in total. The van der Waals surface area contributed by atoms with Gasteiger partial charge < -0.3 is 5.32 Å². The normalized spacial score (nSPS) is 12.7. The summed E-state index contributed by atoms with van der Waals surface area (Å²) in [5.74, 6) is 0. The summed E-state index contributed by atoms with van der Waals surface area (Å²) in [7, 11) is 3.88. The van der Waals surface area contributed by atoms with Gasteiger partial charge >= 0.3 is 0 Å². The molecule has 0 aliphatic carbocycles. The quantitative estimate of drug-likeness (QED) is 0.941. The minimum Gasteiger partial charge on any atom is -0.311 e. The third kappa shape index (κ3) is 3.22. The molecular formula is C14H19BrN4. The molecule has 0 amide bonds. The molecule has 0 aliphatic heterocycles. The van der Waals surface area contributed by atoms with Crippen LogP contribution in [0.4, 0.5) is 0 Å². The van der Waals surface area contributed by atoms with Gasteiger partial charge in [-0.25, -0.2) is 4.68 Å². The van der Waals surface area contributed by atoms with Crippen LogP contribution in [0.1, 0.15) is 28.4 Å². The number of halogens is 1. The Kier molecular flexibility index (Phi) is 4.37. The summed E-state index contributed by atoms with van der Waals surface area (Å²) in [6.07, 6.45) is 0.916. The standard InChI is InChI=1S/C14H19BrN4/c1-9-5-10(2)7-11(6-9)8-12(16-3)13-14(15)17-18-19(13)4/h5-7,12,16H,8H2,1-4H3. The number of benzene rings is 1. The Morgan fingerprint density at radius 3 is 2.37 bits per heavy atom. The average Bonchev–Trinajstić information content (AvgIpc) is 2.65. The summed E-state index contributed by atoms with van der Waals surface area (Å²) in [5.41, 5.74) is 4.99. The molecule has 0 aliphatic rings. The summed E-state index contributed by atoms with van der Waals surface area (Å²) in [4.78, 5) is 0. The van der Waals surface area contributed by atoms with Crippen molar-refractivity contribution in [2.75, 3.05) is 7.05 Å². The zero-order chi connectivity index (χ0) is 14.0. The Labute approximate surface area is 122 Å². The number of aromatic nitrogens is 3. The molecule has 0 saturated carbocycles. The maximum Gasteiger partial charge on any atom is 0.153 e. The maximum atomic E-state index is 4.05. The van der Waals surface area contributed by atoms with E-state index in [0.717, 1.165) is 16.7 Å². The van der Waals surface area contributed by atoms with E-state index in [1.54, 1.807) is 0 Å². The van der Waals surface area contributed by atoms with Gasteiger partial charge in [0.15, 0.2) is 4.60 Å². The summed E-state index contributed by atoms with van der Waals surface area (Å²) in [5, 5.41) is 11.4. The van der Waals surface area contributed by atoms with Crippen molar-refractivity contribution in [3.05, 3.63) is 45.2 Å². The van der Waals surface area contributed by atoms with Crippen LogP contribution in [0.5, 0.6) is 0 Å². The van der Waals surface area contributed by atoms with Crippen LogP contribution < -0.4 is 5.32 Å². The summed E-state index contributed by atoms with van der Waals surface area (Å²) >= 11 is 3.47. The minimum absolute atomic E-state index is 0.190. The lowest BCUT2D eigenvalue weighted by molar-refractivity contribution is 0.533. The molecule has 19 heavy (non-hydrogen) atoms. The lowest BCUT2D eigenvalue weighted by Gasteiger charge is -2.17. The van der Waals surface area contributed by atoms with Crippen molar-refractivity contribution in [3.63, 3.8) is 0 Å². The van der Waals surface area contributed by atoms with Crippen molar-refractivity contribution in [3.8, 4) is 0 Å². The smallest absolute Gasteiger partial charge is 0.153 e. The Hall–Kier alpha value is -1.20. The minimum atomic E-state index is 0.190. The molecule has 1 N–H and O–H groups in total. The molecule has 1 aromatic heterocycles. The number of hydrogen-bond acceptors (Lipinski definition) is 3. The first kappa shape index (κ1) is 14.2. The number of rotatable bonds is 4.